The van der Waals surface area contributed by atoms with Crippen LogP contribution < -0.4 is 0 Å². The molecule has 0 saturated carbocycles. The van der Waals surface area contributed by atoms with Gasteiger partial charge in [0.1, 0.15) is 5.15 Å². The van der Waals surface area contributed by atoms with Gasteiger partial charge in [0.15, 0.2) is 5.82 Å². The first-order valence-corrected chi connectivity index (χ1v) is 6.00. The van der Waals surface area contributed by atoms with Gasteiger partial charge in [-0.2, -0.15) is 0 Å². The van der Waals surface area contributed by atoms with Gasteiger partial charge in [-0.3, -0.25) is 4.98 Å². The monoisotopic (exact) mass is 297 g/mol. The van der Waals surface area contributed by atoms with Crippen molar-refractivity contribution in [2.45, 2.75) is 13.3 Å². The van der Waals surface area contributed by atoms with Crippen molar-refractivity contribution in [2.24, 2.45) is 0 Å². The average Bonchev–Trinajstić information content (AvgIpc) is 2.32. The molecule has 16 heavy (non-hydrogen) atoms. The van der Waals surface area contributed by atoms with Gasteiger partial charge in [0.05, 0.1) is 4.47 Å². The van der Waals surface area contributed by atoms with Crippen molar-refractivity contribution in [1.82, 2.24) is 15.0 Å². The zero-order valence-corrected chi connectivity index (χ0v) is 11.0. The molecule has 2 aromatic rings. The topological polar surface area (TPSA) is 38.7 Å². The SMILES string of the molecule is CCc1cnccc1-c1ncc(Br)c(Cl)n1. The molecule has 0 aromatic carbocycles. The minimum atomic E-state index is 0.420. The van der Waals surface area contributed by atoms with Crippen LogP contribution in [0.4, 0.5) is 0 Å². The Morgan fingerprint density at radius 1 is 1.38 bits per heavy atom. The Morgan fingerprint density at radius 2 is 2.19 bits per heavy atom. The molecule has 0 fully saturated rings. The van der Waals surface area contributed by atoms with Crippen LogP contribution in [0.1, 0.15) is 12.5 Å². The van der Waals surface area contributed by atoms with E-state index in [1.54, 1.807) is 12.4 Å². The van der Waals surface area contributed by atoms with Crippen LogP contribution in [-0.4, -0.2) is 15.0 Å². The lowest BCUT2D eigenvalue weighted by molar-refractivity contribution is 1.08. The quantitative estimate of drug-likeness (QED) is 0.796. The van der Waals surface area contributed by atoms with Crippen molar-refractivity contribution >= 4 is 27.5 Å². The van der Waals surface area contributed by atoms with Crippen LogP contribution in [0.3, 0.4) is 0 Å². The highest BCUT2D eigenvalue weighted by molar-refractivity contribution is 9.10. The molecule has 0 aliphatic carbocycles. The van der Waals surface area contributed by atoms with Gasteiger partial charge in [0, 0.05) is 24.2 Å². The first-order chi connectivity index (χ1) is 7.72. The first kappa shape index (κ1) is 11.5. The summed E-state index contributed by atoms with van der Waals surface area (Å²) >= 11 is 9.21. The molecular formula is C11H9BrClN3. The lowest BCUT2D eigenvalue weighted by Crippen LogP contribution is -1.94. The Morgan fingerprint density at radius 3 is 2.88 bits per heavy atom. The average molecular weight is 299 g/mol. The summed E-state index contributed by atoms with van der Waals surface area (Å²) in [5.41, 5.74) is 2.09. The fourth-order valence-electron chi connectivity index (χ4n) is 1.40. The molecule has 0 N–H and O–H groups in total. The molecule has 3 nitrogen and oxygen atoms in total. The van der Waals surface area contributed by atoms with Crippen molar-refractivity contribution in [2.75, 3.05) is 0 Å². The van der Waals surface area contributed by atoms with Crippen LogP contribution in [0.25, 0.3) is 11.4 Å². The van der Waals surface area contributed by atoms with Gasteiger partial charge in [-0.1, -0.05) is 18.5 Å². The molecule has 5 heteroatoms. The van der Waals surface area contributed by atoms with Crippen LogP contribution in [0.5, 0.6) is 0 Å². The number of aryl methyl sites for hydroxylation is 1. The summed E-state index contributed by atoms with van der Waals surface area (Å²) in [7, 11) is 0. The summed E-state index contributed by atoms with van der Waals surface area (Å²) in [6.45, 7) is 2.07. The third-order valence-corrected chi connectivity index (χ3v) is 3.32. The van der Waals surface area contributed by atoms with Crippen LogP contribution in [0.2, 0.25) is 5.15 Å². The minimum absolute atomic E-state index is 0.420. The van der Waals surface area contributed by atoms with Crippen LogP contribution in [0, 0.1) is 0 Å². The maximum absolute atomic E-state index is 5.95. The maximum atomic E-state index is 5.95. The van der Waals surface area contributed by atoms with E-state index < -0.39 is 0 Å². The van der Waals surface area contributed by atoms with E-state index in [2.05, 4.69) is 37.8 Å². The van der Waals surface area contributed by atoms with Crippen LogP contribution in [-0.2, 0) is 6.42 Å². The highest BCUT2D eigenvalue weighted by Crippen LogP contribution is 2.24. The highest BCUT2D eigenvalue weighted by Gasteiger charge is 2.08. The van der Waals surface area contributed by atoms with Gasteiger partial charge < -0.3 is 0 Å². The molecule has 82 valence electrons. The Labute approximate surface area is 107 Å². The smallest absolute Gasteiger partial charge is 0.161 e. The Balaban J connectivity index is 2.54. The molecule has 0 aliphatic heterocycles. The number of hydrogen-bond acceptors (Lipinski definition) is 3. The fourth-order valence-corrected chi connectivity index (χ4v) is 1.72. The molecule has 0 unspecified atom stereocenters. The molecule has 0 bridgehead atoms. The lowest BCUT2D eigenvalue weighted by Gasteiger charge is -2.05. The number of rotatable bonds is 2. The van der Waals surface area contributed by atoms with Crippen molar-refractivity contribution in [1.29, 1.82) is 0 Å². The van der Waals surface area contributed by atoms with E-state index in [4.69, 9.17) is 11.6 Å². The predicted molar refractivity (Wildman–Crippen MR) is 67.4 cm³/mol. The van der Waals surface area contributed by atoms with Crippen molar-refractivity contribution in [3.8, 4) is 11.4 Å². The first-order valence-electron chi connectivity index (χ1n) is 4.83. The Kier molecular flexibility index (Phi) is 3.51. The molecule has 2 aromatic heterocycles. The summed E-state index contributed by atoms with van der Waals surface area (Å²) < 4.78 is 0.699. The Bertz CT molecular complexity index is 516. The van der Waals surface area contributed by atoms with E-state index in [1.165, 1.54) is 0 Å². The highest BCUT2D eigenvalue weighted by atomic mass is 79.9. The molecule has 0 atom stereocenters. The van der Waals surface area contributed by atoms with E-state index in [0.717, 1.165) is 17.5 Å². The zero-order valence-electron chi connectivity index (χ0n) is 8.61. The Hall–Kier alpha value is -1.000. The normalized spacial score (nSPS) is 10.4. The second kappa shape index (κ2) is 4.89. The summed E-state index contributed by atoms with van der Waals surface area (Å²) in [4.78, 5) is 12.6. The predicted octanol–water partition coefficient (Wildman–Crippen LogP) is 3.52. The van der Waals surface area contributed by atoms with Crippen LogP contribution >= 0.6 is 27.5 Å². The number of hydrogen-bond donors (Lipinski definition) is 0. The molecule has 2 heterocycles. The van der Waals surface area contributed by atoms with E-state index in [1.807, 2.05) is 12.3 Å². The van der Waals surface area contributed by atoms with Crippen molar-refractivity contribution < 1.29 is 0 Å². The van der Waals surface area contributed by atoms with Gasteiger partial charge in [-0.15, -0.1) is 0 Å². The lowest BCUT2D eigenvalue weighted by atomic mass is 10.1. The summed E-state index contributed by atoms with van der Waals surface area (Å²) in [5.74, 6) is 0.632. The third kappa shape index (κ3) is 2.23. The third-order valence-electron chi connectivity index (χ3n) is 2.23. The molecule has 2 rings (SSSR count). The summed E-state index contributed by atoms with van der Waals surface area (Å²) in [6.07, 6.45) is 6.10. The fraction of sp³-hybridized carbons (Fsp3) is 0.182. The molecule has 0 aliphatic rings. The molecule has 0 amide bonds. The van der Waals surface area contributed by atoms with Crippen molar-refractivity contribution in [3.05, 3.63) is 39.8 Å². The van der Waals surface area contributed by atoms with Crippen molar-refractivity contribution in [3.63, 3.8) is 0 Å². The standard InChI is InChI=1S/C11H9BrClN3/c1-2-7-5-14-4-3-8(7)11-15-6-9(12)10(13)16-11/h3-6H,2H2,1H3. The largest absolute Gasteiger partial charge is 0.264 e. The number of nitrogens with zero attached hydrogens (tertiary/aromatic N) is 3. The second-order valence-electron chi connectivity index (χ2n) is 3.22. The van der Waals surface area contributed by atoms with Crippen LogP contribution in [0.15, 0.2) is 29.1 Å². The van der Waals surface area contributed by atoms with Gasteiger partial charge in [0.2, 0.25) is 0 Å². The second-order valence-corrected chi connectivity index (χ2v) is 4.43. The number of pyridine rings is 1. The van der Waals surface area contributed by atoms with Gasteiger partial charge in [0.25, 0.3) is 0 Å². The minimum Gasteiger partial charge on any atom is -0.264 e. The van der Waals surface area contributed by atoms with Gasteiger partial charge >= 0.3 is 0 Å². The molecule has 0 saturated heterocycles. The summed E-state index contributed by atoms with van der Waals surface area (Å²) in [6, 6.07) is 1.90. The van der Waals surface area contributed by atoms with Gasteiger partial charge in [-0.05, 0) is 34.0 Å². The van der Waals surface area contributed by atoms with Gasteiger partial charge in [-0.25, -0.2) is 9.97 Å². The van der Waals surface area contributed by atoms with E-state index in [-0.39, 0.29) is 0 Å². The van der Waals surface area contributed by atoms with E-state index in [9.17, 15) is 0 Å². The number of aromatic nitrogens is 3. The molecular weight excluding hydrogens is 289 g/mol. The van der Waals surface area contributed by atoms with E-state index >= 15 is 0 Å². The zero-order chi connectivity index (χ0) is 11.5. The summed E-state index contributed by atoms with van der Waals surface area (Å²) in [5, 5.41) is 0.420. The number of halogens is 2. The molecule has 0 spiro atoms. The van der Waals surface area contributed by atoms with E-state index in [0.29, 0.717) is 15.5 Å². The maximum Gasteiger partial charge on any atom is 0.161 e. The molecule has 0 radical (unpaired) electrons.